The Bertz CT molecular complexity index is 1290. The molecule has 0 aliphatic carbocycles. The molecule has 36 heavy (non-hydrogen) atoms. The minimum Gasteiger partial charge on any atom is -0.394 e. The fourth-order valence-electron chi connectivity index (χ4n) is 3.32. The lowest BCUT2D eigenvalue weighted by Gasteiger charge is -2.50. The number of nitrogens with zero attached hydrogens (tertiary/aromatic N) is 3. The van der Waals surface area contributed by atoms with Crippen molar-refractivity contribution in [3.05, 3.63) is 40.9 Å². The van der Waals surface area contributed by atoms with Crippen LogP contribution < -0.4 is 11.5 Å². The second kappa shape index (κ2) is 10.9. The molecule has 3 rings (SSSR count). The molecule has 13 nitrogen and oxygen atoms in total. The van der Waals surface area contributed by atoms with Crippen LogP contribution >= 0.6 is 23.1 Å². The minimum atomic E-state index is -4.90. The summed E-state index contributed by atoms with van der Waals surface area (Å²) in [5.41, 5.74) is 10.6. The van der Waals surface area contributed by atoms with Crippen molar-refractivity contribution in [1.29, 1.82) is 5.41 Å². The molecule has 0 spiro atoms. The average Bonchev–Trinajstić information content (AvgIpc) is 3.23. The van der Waals surface area contributed by atoms with Crippen molar-refractivity contribution in [2.75, 3.05) is 18.1 Å². The number of thiazole rings is 1. The second-order valence-corrected chi connectivity index (χ2v) is 11.2. The van der Waals surface area contributed by atoms with Crippen molar-refractivity contribution in [2.24, 2.45) is 16.8 Å². The van der Waals surface area contributed by atoms with E-state index in [-0.39, 0.29) is 35.4 Å². The zero-order valence-electron chi connectivity index (χ0n) is 19.2. The molecule has 0 radical (unpaired) electrons. The van der Waals surface area contributed by atoms with Crippen LogP contribution in [0.25, 0.3) is 0 Å². The number of anilines is 1. The number of nitrogen functional groups attached to an aromatic ring is 2. The second-order valence-electron chi connectivity index (χ2n) is 8.10. The van der Waals surface area contributed by atoms with Gasteiger partial charge in [-0.3, -0.25) is 19.6 Å². The third-order valence-electron chi connectivity index (χ3n) is 5.23. The molecule has 1 saturated heterocycles. The molecule has 1 aliphatic heterocycles. The number of thioether (sulfide) groups is 1. The van der Waals surface area contributed by atoms with E-state index >= 15 is 0 Å². The van der Waals surface area contributed by atoms with Gasteiger partial charge in [0.1, 0.15) is 18.1 Å². The number of β-lactam (4-membered cyclic amide) rings is 1. The molecular formula is C20H24N6O7S3. The van der Waals surface area contributed by atoms with Gasteiger partial charge in [-0.05, 0) is 26.0 Å². The number of nitrogens with two attached hydrogens (primary N) is 2. The van der Waals surface area contributed by atoms with Gasteiger partial charge >= 0.3 is 10.4 Å². The van der Waals surface area contributed by atoms with Crippen molar-refractivity contribution in [3.8, 4) is 0 Å². The largest absolute Gasteiger partial charge is 0.418 e. The van der Waals surface area contributed by atoms with Gasteiger partial charge in [0.25, 0.3) is 5.91 Å². The van der Waals surface area contributed by atoms with E-state index in [0.717, 1.165) is 16.2 Å². The minimum absolute atomic E-state index is 0.0188. The molecule has 1 atom stereocenters. The number of oxime groups is 1. The van der Waals surface area contributed by atoms with Gasteiger partial charge in [-0.2, -0.15) is 13.5 Å². The van der Waals surface area contributed by atoms with E-state index in [1.54, 1.807) is 12.1 Å². The first-order chi connectivity index (χ1) is 16.8. The standard InChI is InChI=1S/C20H24N6O7S3/c1-20(2)13(18(28)26(20)33-36(29,30)31)9-15(27)16(14-10-35-19(23)24-14)25-32-7-8-34-12-5-3-11(4-6-12)17(21)22/h3-6,10,13H,7-9H2,1-2H3,(H3,21,22)(H2,23,24)(H,29,30,31)/b25-16-. The number of ketones is 1. The smallest absolute Gasteiger partial charge is 0.394 e. The van der Waals surface area contributed by atoms with E-state index in [0.29, 0.717) is 16.4 Å². The number of amidine groups is 1. The average molecular weight is 557 g/mol. The highest BCUT2D eigenvalue weighted by Crippen LogP contribution is 2.40. The van der Waals surface area contributed by atoms with Crippen LogP contribution in [0.15, 0.2) is 39.7 Å². The third kappa shape index (κ3) is 6.58. The lowest BCUT2D eigenvalue weighted by molar-refractivity contribution is -0.228. The van der Waals surface area contributed by atoms with Crippen LogP contribution in [-0.2, 0) is 29.1 Å². The Morgan fingerprint density at radius 3 is 2.56 bits per heavy atom. The van der Waals surface area contributed by atoms with E-state index in [1.807, 2.05) is 12.1 Å². The lowest BCUT2D eigenvalue weighted by atomic mass is 9.74. The molecule has 1 aromatic carbocycles. The number of nitrogens with one attached hydrogen (secondary N) is 1. The Morgan fingerprint density at radius 2 is 2.03 bits per heavy atom. The summed E-state index contributed by atoms with van der Waals surface area (Å²) < 4.78 is 35.2. The predicted molar refractivity (Wildman–Crippen MR) is 134 cm³/mol. The van der Waals surface area contributed by atoms with Crippen molar-refractivity contribution < 1.29 is 31.7 Å². The Kier molecular flexibility index (Phi) is 8.35. The van der Waals surface area contributed by atoms with E-state index < -0.39 is 33.5 Å². The quantitative estimate of drug-likeness (QED) is 0.0558. The number of hydroxylamine groups is 2. The summed E-state index contributed by atoms with van der Waals surface area (Å²) >= 11 is 2.57. The van der Waals surface area contributed by atoms with Crippen LogP contribution in [0, 0.1) is 11.3 Å². The van der Waals surface area contributed by atoms with Crippen LogP contribution in [-0.4, -0.2) is 64.2 Å². The summed E-state index contributed by atoms with van der Waals surface area (Å²) in [6, 6.07) is 7.12. The van der Waals surface area contributed by atoms with Gasteiger partial charge in [0, 0.05) is 28.0 Å². The van der Waals surface area contributed by atoms with Crippen LogP contribution in [0.2, 0.25) is 0 Å². The zero-order valence-corrected chi connectivity index (χ0v) is 21.7. The first-order valence-electron chi connectivity index (χ1n) is 10.3. The van der Waals surface area contributed by atoms with Gasteiger partial charge in [-0.1, -0.05) is 17.3 Å². The predicted octanol–water partition coefficient (Wildman–Crippen LogP) is 1.45. The maximum absolute atomic E-state index is 13.1. The summed E-state index contributed by atoms with van der Waals surface area (Å²) in [5.74, 6) is -1.79. The van der Waals surface area contributed by atoms with Crippen molar-refractivity contribution in [1.82, 2.24) is 10.0 Å². The molecule has 194 valence electrons. The SMILES string of the molecule is CC1(C)C(CC(=O)/C(=N\OCCSc2ccc(C(=N)N)cc2)c2csc(N)n2)C(=O)N1OS(=O)(=O)O. The first-order valence-corrected chi connectivity index (χ1v) is 13.6. The number of benzene rings is 1. The number of Topliss-reactive ketones (excluding diaryl/α,β-unsaturated/α-hetero) is 1. The van der Waals surface area contributed by atoms with E-state index in [2.05, 4.69) is 14.4 Å². The molecule has 2 aromatic rings. The van der Waals surface area contributed by atoms with Crippen LogP contribution in [0.5, 0.6) is 0 Å². The molecule has 1 unspecified atom stereocenters. The zero-order chi connectivity index (χ0) is 26.7. The van der Waals surface area contributed by atoms with E-state index in [1.165, 1.54) is 31.0 Å². The maximum atomic E-state index is 13.1. The molecule has 16 heteroatoms. The molecule has 1 aliphatic rings. The molecular weight excluding hydrogens is 532 g/mol. The highest BCUT2D eigenvalue weighted by atomic mass is 32.3. The van der Waals surface area contributed by atoms with Gasteiger partial charge in [-0.25, -0.2) is 4.98 Å². The first kappa shape index (κ1) is 27.5. The van der Waals surface area contributed by atoms with Crippen LogP contribution in [0.3, 0.4) is 0 Å². The normalized spacial score (nSPS) is 17.5. The lowest BCUT2D eigenvalue weighted by Crippen LogP contribution is -2.68. The summed E-state index contributed by atoms with van der Waals surface area (Å²) in [7, 11) is -4.90. The molecule has 1 fully saturated rings. The summed E-state index contributed by atoms with van der Waals surface area (Å²) in [6.07, 6.45) is -0.325. The van der Waals surface area contributed by atoms with Gasteiger partial charge in [0.2, 0.25) is 0 Å². The summed E-state index contributed by atoms with van der Waals surface area (Å²) in [5, 5.41) is 13.6. The number of aromatic nitrogens is 1. The fraction of sp³-hybridized carbons (Fsp3) is 0.350. The fourth-order valence-corrected chi connectivity index (χ4v) is 5.05. The molecule has 1 aromatic heterocycles. The molecule has 0 saturated carbocycles. The number of rotatable bonds is 12. The van der Waals surface area contributed by atoms with Gasteiger partial charge < -0.3 is 16.3 Å². The molecule has 2 heterocycles. The molecule has 0 bridgehead atoms. The Hall–Kier alpha value is -3.05. The number of hydrogen-bond acceptors (Lipinski definition) is 12. The summed E-state index contributed by atoms with van der Waals surface area (Å²) in [6.45, 7) is 3.14. The van der Waals surface area contributed by atoms with Crippen molar-refractivity contribution >= 4 is 61.9 Å². The van der Waals surface area contributed by atoms with Gasteiger partial charge in [-0.15, -0.1) is 27.4 Å². The van der Waals surface area contributed by atoms with Crippen molar-refractivity contribution in [2.45, 2.75) is 30.7 Å². The highest BCUT2D eigenvalue weighted by Gasteiger charge is 2.57. The Labute approximate surface area is 215 Å². The number of amides is 1. The highest BCUT2D eigenvalue weighted by molar-refractivity contribution is 7.99. The molecule has 6 N–H and O–H groups in total. The topological polar surface area (TPSA) is 211 Å². The van der Waals surface area contributed by atoms with Crippen molar-refractivity contribution in [3.63, 3.8) is 0 Å². The third-order valence-corrected chi connectivity index (χ3v) is 7.21. The molecule has 1 amide bonds. The van der Waals surface area contributed by atoms with E-state index in [9.17, 15) is 18.0 Å². The Morgan fingerprint density at radius 1 is 1.36 bits per heavy atom. The van der Waals surface area contributed by atoms with Crippen LogP contribution in [0.1, 0.15) is 31.5 Å². The number of carbonyl (C=O) groups excluding carboxylic acids is 2. The monoisotopic (exact) mass is 556 g/mol. The number of carbonyl (C=O) groups is 2. The maximum Gasteiger partial charge on any atom is 0.418 e. The summed E-state index contributed by atoms with van der Waals surface area (Å²) in [4.78, 5) is 35.8. The van der Waals surface area contributed by atoms with Crippen LogP contribution in [0.4, 0.5) is 5.13 Å². The Balaban J connectivity index is 1.64. The van der Waals surface area contributed by atoms with E-state index in [4.69, 9.17) is 26.3 Å². The van der Waals surface area contributed by atoms with Gasteiger partial charge in [0.05, 0.1) is 11.5 Å². The van der Waals surface area contributed by atoms with Gasteiger partial charge in [0.15, 0.2) is 16.6 Å². The number of hydrogen-bond donors (Lipinski definition) is 4.